The average molecular weight is 332 g/mol. The number of aromatic nitrogens is 1. The fraction of sp³-hybridized carbons (Fsp3) is 0.538. The zero-order valence-corrected chi connectivity index (χ0v) is 13.5. The highest BCUT2D eigenvalue weighted by Crippen LogP contribution is 2.24. The number of sulfone groups is 1. The van der Waals surface area contributed by atoms with Crippen molar-refractivity contribution in [2.45, 2.75) is 25.8 Å². The lowest BCUT2D eigenvalue weighted by Crippen LogP contribution is -2.46. The summed E-state index contributed by atoms with van der Waals surface area (Å²) in [6.07, 6.45) is 0.417. The maximum Gasteiger partial charge on any atom is 0.251 e. The number of hydrogen-bond acceptors (Lipinski definition) is 5. The molecular weight excluding hydrogens is 314 g/mol. The van der Waals surface area contributed by atoms with E-state index in [1.165, 1.54) is 6.07 Å². The van der Waals surface area contributed by atoms with E-state index in [-0.39, 0.29) is 22.6 Å². The predicted octanol–water partition coefficient (Wildman–Crippen LogP) is 1.47. The van der Waals surface area contributed by atoms with Crippen LogP contribution in [0.4, 0.5) is 5.82 Å². The minimum Gasteiger partial charge on any atom is -0.370 e. The molecule has 6 nitrogen and oxygen atoms in total. The summed E-state index contributed by atoms with van der Waals surface area (Å²) in [6.45, 7) is 4.31. The molecule has 0 radical (unpaired) electrons. The first kappa shape index (κ1) is 16.0. The van der Waals surface area contributed by atoms with Crippen molar-refractivity contribution in [2.24, 2.45) is 0 Å². The quantitative estimate of drug-likeness (QED) is 0.816. The van der Waals surface area contributed by atoms with Gasteiger partial charge in [-0.25, -0.2) is 13.4 Å². The summed E-state index contributed by atoms with van der Waals surface area (Å²) >= 11 is 5.90. The van der Waals surface area contributed by atoms with Crippen molar-refractivity contribution in [1.29, 1.82) is 0 Å². The molecule has 1 atom stereocenters. The molecule has 1 aliphatic rings. The van der Waals surface area contributed by atoms with E-state index in [0.717, 1.165) is 0 Å². The first-order valence-electron chi connectivity index (χ1n) is 6.67. The SMILES string of the molecule is CCNc1cc(C(=O)NC2(C)CCS(=O)(=O)C2)cc(Cl)n1. The van der Waals surface area contributed by atoms with E-state index in [1.807, 2.05) is 6.92 Å². The first-order chi connectivity index (χ1) is 9.73. The molecule has 0 bridgehead atoms. The Balaban J connectivity index is 2.17. The molecule has 0 saturated carbocycles. The van der Waals surface area contributed by atoms with E-state index < -0.39 is 15.4 Å². The van der Waals surface area contributed by atoms with Crippen LogP contribution in [-0.2, 0) is 9.84 Å². The Hall–Kier alpha value is -1.34. The Morgan fingerprint density at radius 2 is 2.19 bits per heavy atom. The molecule has 1 aliphatic heterocycles. The van der Waals surface area contributed by atoms with Crippen molar-refractivity contribution in [3.63, 3.8) is 0 Å². The molecule has 1 fully saturated rings. The summed E-state index contributed by atoms with van der Waals surface area (Å²) in [4.78, 5) is 16.4. The number of carbonyl (C=O) groups is 1. The second-order valence-corrected chi connectivity index (χ2v) is 8.02. The van der Waals surface area contributed by atoms with E-state index in [2.05, 4.69) is 15.6 Å². The highest BCUT2D eigenvalue weighted by atomic mass is 35.5. The summed E-state index contributed by atoms with van der Waals surface area (Å²) in [5.41, 5.74) is -0.374. The van der Waals surface area contributed by atoms with Crippen LogP contribution in [0, 0.1) is 0 Å². The Labute approximate surface area is 129 Å². The van der Waals surface area contributed by atoms with Gasteiger partial charge in [0.2, 0.25) is 0 Å². The van der Waals surface area contributed by atoms with Gasteiger partial charge in [-0.2, -0.15) is 0 Å². The zero-order chi connectivity index (χ0) is 15.7. The van der Waals surface area contributed by atoms with E-state index >= 15 is 0 Å². The van der Waals surface area contributed by atoms with E-state index in [4.69, 9.17) is 11.6 Å². The number of halogens is 1. The van der Waals surface area contributed by atoms with Crippen LogP contribution in [0.2, 0.25) is 5.15 Å². The molecule has 0 spiro atoms. The molecule has 2 N–H and O–H groups in total. The number of nitrogens with one attached hydrogen (secondary N) is 2. The highest BCUT2D eigenvalue weighted by molar-refractivity contribution is 7.91. The first-order valence-corrected chi connectivity index (χ1v) is 8.87. The van der Waals surface area contributed by atoms with Crippen LogP contribution in [0.5, 0.6) is 0 Å². The molecule has 2 heterocycles. The van der Waals surface area contributed by atoms with Crippen LogP contribution < -0.4 is 10.6 Å². The summed E-state index contributed by atoms with van der Waals surface area (Å²) < 4.78 is 23.1. The average Bonchev–Trinajstić information content (AvgIpc) is 2.63. The van der Waals surface area contributed by atoms with Crippen LogP contribution in [0.3, 0.4) is 0 Å². The third-order valence-corrected chi connectivity index (χ3v) is 5.43. The molecule has 2 rings (SSSR count). The number of amides is 1. The lowest BCUT2D eigenvalue weighted by molar-refractivity contribution is 0.0915. The molecule has 0 aliphatic carbocycles. The van der Waals surface area contributed by atoms with Gasteiger partial charge < -0.3 is 10.6 Å². The van der Waals surface area contributed by atoms with Crippen molar-refractivity contribution in [2.75, 3.05) is 23.4 Å². The second-order valence-electron chi connectivity index (χ2n) is 5.45. The van der Waals surface area contributed by atoms with E-state index in [0.29, 0.717) is 24.3 Å². The van der Waals surface area contributed by atoms with Gasteiger partial charge in [-0.1, -0.05) is 11.6 Å². The largest absolute Gasteiger partial charge is 0.370 e. The highest BCUT2D eigenvalue weighted by Gasteiger charge is 2.39. The smallest absolute Gasteiger partial charge is 0.251 e. The van der Waals surface area contributed by atoms with Crippen molar-refractivity contribution >= 4 is 33.2 Å². The predicted molar refractivity (Wildman–Crippen MR) is 82.6 cm³/mol. The fourth-order valence-electron chi connectivity index (χ4n) is 2.35. The number of anilines is 1. The standard InChI is InChI=1S/C13H18ClN3O3S/c1-3-15-11-7-9(6-10(14)16-11)12(18)17-13(2)4-5-21(19,20)8-13/h6-7H,3-5,8H2,1-2H3,(H,15,16)(H,17,18). The lowest BCUT2D eigenvalue weighted by atomic mass is 10.0. The van der Waals surface area contributed by atoms with E-state index in [9.17, 15) is 13.2 Å². The van der Waals surface area contributed by atoms with Gasteiger partial charge in [0.1, 0.15) is 11.0 Å². The van der Waals surface area contributed by atoms with E-state index in [1.54, 1.807) is 13.0 Å². The molecule has 21 heavy (non-hydrogen) atoms. The van der Waals surface area contributed by atoms with Crippen LogP contribution in [0.1, 0.15) is 30.6 Å². The molecule has 1 unspecified atom stereocenters. The summed E-state index contributed by atoms with van der Waals surface area (Å²) in [7, 11) is -3.07. The Bertz CT molecular complexity index is 663. The normalized spacial score (nSPS) is 23.8. The van der Waals surface area contributed by atoms with Gasteiger partial charge >= 0.3 is 0 Å². The summed E-state index contributed by atoms with van der Waals surface area (Å²) in [6, 6.07) is 3.06. The molecule has 1 aromatic heterocycles. The van der Waals surface area contributed by atoms with Gasteiger partial charge in [0.05, 0.1) is 17.0 Å². The second kappa shape index (κ2) is 5.81. The van der Waals surface area contributed by atoms with Crippen LogP contribution in [-0.4, -0.2) is 42.9 Å². The van der Waals surface area contributed by atoms with Crippen LogP contribution in [0.25, 0.3) is 0 Å². The molecule has 1 amide bonds. The van der Waals surface area contributed by atoms with Gasteiger partial charge in [0, 0.05) is 12.1 Å². The van der Waals surface area contributed by atoms with Crippen molar-refractivity contribution in [3.8, 4) is 0 Å². The van der Waals surface area contributed by atoms with Gasteiger partial charge in [0.15, 0.2) is 9.84 Å². The van der Waals surface area contributed by atoms with Gasteiger partial charge in [-0.3, -0.25) is 4.79 Å². The van der Waals surface area contributed by atoms with Gasteiger partial charge in [0.25, 0.3) is 5.91 Å². The molecule has 0 aromatic carbocycles. The van der Waals surface area contributed by atoms with Gasteiger partial charge in [-0.15, -0.1) is 0 Å². The number of hydrogen-bond donors (Lipinski definition) is 2. The molecule has 1 aromatic rings. The molecule has 8 heteroatoms. The zero-order valence-electron chi connectivity index (χ0n) is 11.9. The van der Waals surface area contributed by atoms with Crippen LogP contribution >= 0.6 is 11.6 Å². The third-order valence-electron chi connectivity index (χ3n) is 3.33. The topological polar surface area (TPSA) is 88.2 Å². The number of rotatable bonds is 4. The monoisotopic (exact) mass is 331 g/mol. The van der Waals surface area contributed by atoms with Crippen molar-refractivity contribution in [3.05, 3.63) is 22.8 Å². The van der Waals surface area contributed by atoms with Crippen molar-refractivity contribution < 1.29 is 13.2 Å². The molecular formula is C13H18ClN3O3S. The van der Waals surface area contributed by atoms with Crippen molar-refractivity contribution in [1.82, 2.24) is 10.3 Å². The maximum atomic E-state index is 12.3. The Morgan fingerprint density at radius 3 is 2.76 bits per heavy atom. The van der Waals surface area contributed by atoms with Crippen LogP contribution in [0.15, 0.2) is 12.1 Å². The fourth-order valence-corrected chi connectivity index (χ4v) is 4.66. The Kier molecular flexibility index (Phi) is 4.43. The molecule has 1 saturated heterocycles. The maximum absolute atomic E-state index is 12.3. The number of pyridine rings is 1. The minimum atomic E-state index is -3.07. The summed E-state index contributed by atoms with van der Waals surface area (Å²) in [5, 5.41) is 5.99. The molecule has 116 valence electrons. The van der Waals surface area contributed by atoms with Gasteiger partial charge in [-0.05, 0) is 32.4 Å². The lowest BCUT2D eigenvalue weighted by Gasteiger charge is -2.24. The third kappa shape index (κ3) is 4.07. The Morgan fingerprint density at radius 1 is 1.48 bits per heavy atom. The summed E-state index contributed by atoms with van der Waals surface area (Å²) in [5.74, 6) is 0.228. The number of nitrogens with zero attached hydrogens (tertiary/aromatic N) is 1. The minimum absolute atomic E-state index is 0.0371. The number of carbonyl (C=O) groups excluding carboxylic acids is 1.